The predicted octanol–water partition coefficient (Wildman–Crippen LogP) is 1.41. The second-order valence-electron chi connectivity index (χ2n) is 4.45. The molecule has 0 saturated heterocycles. The van der Waals surface area contributed by atoms with E-state index in [0.717, 1.165) is 12.8 Å². The van der Waals surface area contributed by atoms with Crippen molar-refractivity contribution in [2.75, 3.05) is 0 Å². The van der Waals surface area contributed by atoms with Gasteiger partial charge in [-0.2, -0.15) is 0 Å². The van der Waals surface area contributed by atoms with Crippen molar-refractivity contribution in [1.29, 1.82) is 0 Å². The fraction of sp³-hybridized carbons (Fsp3) is 1.00. The monoisotopic (exact) mass is 172 g/mol. The largest absolute Gasteiger partial charge is 0.393 e. The van der Waals surface area contributed by atoms with Crippen LogP contribution in [-0.4, -0.2) is 22.4 Å². The quantitative estimate of drug-likeness (QED) is 0.661. The third-order valence-corrected chi connectivity index (χ3v) is 3.18. The summed E-state index contributed by atoms with van der Waals surface area (Å²) in [5, 5.41) is 19.0. The normalized spacial score (nSPS) is 39.0. The molecule has 1 aliphatic carbocycles. The van der Waals surface area contributed by atoms with Crippen molar-refractivity contribution in [3.05, 3.63) is 0 Å². The van der Waals surface area contributed by atoms with Crippen LogP contribution in [0.2, 0.25) is 0 Å². The Morgan fingerprint density at radius 3 is 2.00 bits per heavy atom. The van der Waals surface area contributed by atoms with Crippen molar-refractivity contribution in [1.82, 2.24) is 0 Å². The van der Waals surface area contributed by atoms with Crippen LogP contribution in [0, 0.1) is 17.8 Å². The van der Waals surface area contributed by atoms with Gasteiger partial charge < -0.3 is 10.2 Å². The summed E-state index contributed by atoms with van der Waals surface area (Å²) in [5.74, 6) is 1.33. The Hall–Kier alpha value is -0.0800. The van der Waals surface area contributed by atoms with E-state index in [0.29, 0.717) is 11.8 Å². The average Bonchev–Trinajstić information content (AvgIpc) is 2.30. The highest BCUT2D eigenvalue weighted by molar-refractivity contribution is 4.86. The van der Waals surface area contributed by atoms with Gasteiger partial charge in [0, 0.05) is 5.92 Å². The van der Waals surface area contributed by atoms with E-state index >= 15 is 0 Å². The van der Waals surface area contributed by atoms with E-state index in [1.54, 1.807) is 6.92 Å². The molecule has 2 N–H and O–H groups in total. The molecule has 0 radical (unpaired) electrons. The summed E-state index contributed by atoms with van der Waals surface area (Å²) >= 11 is 0. The molecule has 4 atom stereocenters. The number of rotatable bonds is 2. The second kappa shape index (κ2) is 3.75. The molecule has 0 aromatic heterocycles. The van der Waals surface area contributed by atoms with Crippen LogP contribution in [0.5, 0.6) is 0 Å². The number of hydrogen-bond donors (Lipinski definition) is 2. The first-order valence-corrected chi connectivity index (χ1v) is 4.88. The molecule has 4 unspecified atom stereocenters. The van der Waals surface area contributed by atoms with Crippen LogP contribution in [0.3, 0.4) is 0 Å². The van der Waals surface area contributed by atoms with E-state index in [2.05, 4.69) is 13.8 Å². The van der Waals surface area contributed by atoms with Crippen LogP contribution in [0.4, 0.5) is 0 Å². The Morgan fingerprint density at radius 1 is 1.17 bits per heavy atom. The van der Waals surface area contributed by atoms with Gasteiger partial charge in [-0.3, -0.25) is 0 Å². The van der Waals surface area contributed by atoms with Crippen LogP contribution in [0.25, 0.3) is 0 Å². The lowest BCUT2D eigenvalue weighted by molar-refractivity contribution is 0.0420. The summed E-state index contributed by atoms with van der Waals surface area (Å²) in [7, 11) is 0. The van der Waals surface area contributed by atoms with Gasteiger partial charge in [0.05, 0.1) is 12.2 Å². The maximum Gasteiger partial charge on any atom is 0.0595 e. The van der Waals surface area contributed by atoms with Crippen molar-refractivity contribution >= 4 is 0 Å². The molecular weight excluding hydrogens is 152 g/mol. The summed E-state index contributed by atoms with van der Waals surface area (Å²) in [6, 6.07) is 0. The zero-order valence-corrected chi connectivity index (χ0v) is 8.20. The predicted molar refractivity (Wildman–Crippen MR) is 48.7 cm³/mol. The minimum absolute atomic E-state index is 0.109. The molecule has 0 amide bonds. The van der Waals surface area contributed by atoms with Gasteiger partial charge in [-0.25, -0.2) is 0 Å². The Kier molecular flexibility index (Phi) is 3.13. The average molecular weight is 172 g/mol. The van der Waals surface area contributed by atoms with Crippen molar-refractivity contribution in [2.24, 2.45) is 17.8 Å². The SMILES string of the molecule is CC(C)C1CC(O)C(C(C)O)C1. The van der Waals surface area contributed by atoms with E-state index in [4.69, 9.17) is 0 Å². The highest BCUT2D eigenvalue weighted by atomic mass is 16.3. The molecule has 12 heavy (non-hydrogen) atoms. The molecule has 2 nitrogen and oxygen atoms in total. The van der Waals surface area contributed by atoms with Crippen molar-refractivity contribution < 1.29 is 10.2 Å². The highest BCUT2D eigenvalue weighted by Crippen LogP contribution is 2.37. The number of hydrogen-bond acceptors (Lipinski definition) is 2. The standard InChI is InChI=1S/C10H20O2/c1-6(2)8-4-9(7(3)11)10(12)5-8/h6-12H,4-5H2,1-3H3. The molecule has 0 aliphatic heterocycles. The van der Waals surface area contributed by atoms with Gasteiger partial charge in [0.25, 0.3) is 0 Å². The maximum atomic E-state index is 9.62. The summed E-state index contributed by atoms with van der Waals surface area (Å²) in [6.07, 6.45) is 1.21. The summed E-state index contributed by atoms with van der Waals surface area (Å²) in [5.41, 5.74) is 0. The molecule has 1 rings (SSSR count). The molecule has 1 fully saturated rings. The number of aliphatic hydroxyl groups excluding tert-OH is 2. The smallest absolute Gasteiger partial charge is 0.0595 e. The van der Waals surface area contributed by atoms with Gasteiger partial charge >= 0.3 is 0 Å². The second-order valence-corrected chi connectivity index (χ2v) is 4.45. The molecule has 1 saturated carbocycles. The fourth-order valence-electron chi connectivity index (χ4n) is 2.15. The summed E-state index contributed by atoms with van der Waals surface area (Å²) in [4.78, 5) is 0. The lowest BCUT2D eigenvalue weighted by atomic mass is 9.92. The van der Waals surface area contributed by atoms with Gasteiger partial charge in [0.15, 0.2) is 0 Å². The molecule has 1 aliphatic rings. The Bertz CT molecular complexity index is 143. The molecule has 72 valence electrons. The minimum Gasteiger partial charge on any atom is -0.393 e. The third kappa shape index (κ3) is 1.99. The molecule has 0 bridgehead atoms. The van der Waals surface area contributed by atoms with Crippen LogP contribution in [-0.2, 0) is 0 Å². The lowest BCUT2D eigenvalue weighted by Crippen LogP contribution is -2.24. The van der Waals surface area contributed by atoms with Crippen LogP contribution in [0.15, 0.2) is 0 Å². The molecule has 0 heterocycles. The minimum atomic E-state index is -0.358. The topological polar surface area (TPSA) is 40.5 Å². The van der Waals surface area contributed by atoms with Crippen LogP contribution >= 0.6 is 0 Å². The summed E-state index contributed by atoms with van der Waals surface area (Å²) < 4.78 is 0. The van der Waals surface area contributed by atoms with Gasteiger partial charge in [-0.05, 0) is 31.6 Å². The van der Waals surface area contributed by atoms with Gasteiger partial charge in [0.2, 0.25) is 0 Å². The van der Waals surface area contributed by atoms with E-state index in [-0.39, 0.29) is 18.1 Å². The van der Waals surface area contributed by atoms with Crippen molar-refractivity contribution in [3.63, 3.8) is 0 Å². The Labute approximate surface area is 74.6 Å². The third-order valence-electron chi connectivity index (χ3n) is 3.18. The zero-order chi connectivity index (χ0) is 9.30. The Balaban J connectivity index is 2.50. The highest BCUT2D eigenvalue weighted by Gasteiger charge is 2.36. The van der Waals surface area contributed by atoms with Gasteiger partial charge in [-0.15, -0.1) is 0 Å². The van der Waals surface area contributed by atoms with Gasteiger partial charge in [-0.1, -0.05) is 13.8 Å². The first-order valence-electron chi connectivity index (χ1n) is 4.88. The van der Waals surface area contributed by atoms with Crippen molar-refractivity contribution in [2.45, 2.75) is 45.8 Å². The lowest BCUT2D eigenvalue weighted by Gasteiger charge is -2.17. The molecule has 0 aromatic carbocycles. The van der Waals surface area contributed by atoms with Crippen molar-refractivity contribution in [3.8, 4) is 0 Å². The number of aliphatic hydroxyl groups is 2. The first-order chi connectivity index (χ1) is 5.52. The zero-order valence-electron chi connectivity index (χ0n) is 8.20. The summed E-state index contributed by atoms with van der Waals surface area (Å²) in [6.45, 7) is 6.14. The van der Waals surface area contributed by atoms with E-state index < -0.39 is 0 Å². The van der Waals surface area contributed by atoms with Crippen LogP contribution < -0.4 is 0 Å². The van der Waals surface area contributed by atoms with E-state index in [9.17, 15) is 10.2 Å². The van der Waals surface area contributed by atoms with Gasteiger partial charge in [0.1, 0.15) is 0 Å². The maximum absolute atomic E-state index is 9.62. The van der Waals surface area contributed by atoms with Crippen LogP contribution in [0.1, 0.15) is 33.6 Å². The molecule has 2 heteroatoms. The van der Waals surface area contributed by atoms with E-state index in [1.165, 1.54) is 0 Å². The Morgan fingerprint density at radius 2 is 1.75 bits per heavy atom. The fourth-order valence-corrected chi connectivity index (χ4v) is 2.15. The molecule has 0 spiro atoms. The first kappa shape index (κ1) is 10.0. The molecule has 0 aromatic rings. The van der Waals surface area contributed by atoms with E-state index in [1.807, 2.05) is 0 Å². The molecular formula is C10H20O2.